The summed E-state index contributed by atoms with van der Waals surface area (Å²) in [5, 5.41) is 23.2. The van der Waals surface area contributed by atoms with Crippen LogP contribution in [0.3, 0.4) is 0 Å². The molecule has 33 heavy (non-hydrogen) atoms. The van der Waals surface area contributed by atoms with Gasteiger partial charge in [0, 0.05) is 31.7 Å². The van der Waals surface area contributed by atoms with Gasteiger partial charge in [-0.05, 0) is 53.6 Å². The number of methoxy groups -OCH3 is 1. The van der Waals surface area contributed by atoms with Crippen molar-refractivity contribution in [3.63, 3.8) is 0 Å². The molecule has 0 radical (unpaired) electrons. The molecule has 8 nitrogen and oxygen atoms in total. The number of halogens is 1. The summed E-state index contributed by atoms with van der Waals surface area (Å²) in [4.78, 5) is 27.7. The van der Waals surface area contributed by atoms with Crippen molar-refractivity contribution in [3.05, 3.63) is 39.5 Å². The zero-order valence-electron chi connectivity index (χ0n) is 18.9. The Bertz CT molecular complexity index is 842. The van der Waals surface area contributed by atoms with Gasteiger partial charge < -0.3 is 29.9 Å². The number of carbonyl (C=O) groups excluding carboxylic acids is 2. The first kappa shape index (κ1) is 25.9. The van der Waals surface area contributed by atoms with Gasteiger partial charge >= 0.3 is 0 Å². The number of aliphatic hydroxyl groups is 2. The van der Waals surface area contributed by atoms with Gasteiger partial charge in [-0.15, -0.1) is 0 Å². The van der Waals surface area contributed by atoms with Crippen LogP contribution < -0.4 is 10.1 Å². The summed E-state index contributed by atoms with van der Waals surface area (Å²) in [6.45, 7) is -0.133. The highest BCUT2D eigenvalue weighted by Gasteiger charge is 2.43. The Morgan fingerprint density at radius 3 is 2.61 bits per heavy atom. The average molecular weight is 572 g/mol. The third-order valence-corrected chi connectivity index (χ3v) is 7.09. The van der Waals surface area contributed by atoms with Crippen LogP contribution >= 0.6 is 22.6 Å². The molecule has 0 saturated heterocycles. The van der Waals surface area contributed by atoms with Crippen LogP contribution in [-0.4, -0.2) is 78.1 Å². The van der Waals surface area contributed by atoms with Crippen LogP contribution in [0.1, 0.15) is 38.5 Å². The number of para-hydroxylation sites is 1. The van der Waals surface area contributed by atoms with Crippen molar-refractivity contribution in [1.82, 2.24) is 10.2 Å². The topological polar surface area (TPSA) is 108 Å². The molecular formula is C24H33IN2O6. The first-order valence-electron chi connectivity index (χ1n) is 11.4. The lowest BCUT2D eigenvalue weighted by Crippen LogP contribution is -2.59. The Hall–Kier alpha value is -1.69. The number of amides is 2. The van der Waals surface area contributed by atoms with Crippen LogP contribution in [0.2, 0.25) is 0 Å². The molecule has 1 fully saturated rings. The average Bonchev–Trinajstić information content (AvgIpc) is 2.82. The van der Waals surface area contributed by atoms with Gasteiger partial charge in [0.1, 0.15) is 24.6 Å². The van der Waals surface area contributed by atoms with Gasteiger partial charge in [-0.3, -0.25) is 9.59 Å². The largest absolute Gasteiger partial charge is 0.482 e. The van der Waals surface area contributed by atoms with Crippen LogP contribution in [0.5, 0.6) is 5.75 Å². The van der Waals surface area contributed by atoms with E-state index >= 15 is 0 Å². The van der Waals surface area contributed by atoms with Gasteiger partial charge in [-0.2, -0.15) is 0 Å². The number of nitrogens with one attached hydrogen (secondary N) is 1. The molecule has 0 spiro atoms. The minimum Gasteiger partial charge on any atom is -0.482 e. The Morgan fingerprint density at radius 1 is 1.21 bits per heavy atom. The molecule has 0 heterocycles. The smallest absolute Gasteiger partial charge is 0.249 e. The molecule has 0 unspecified atom stereocenters. The molecule has 2 aliphatic carbocycles. The van der Waals surface area contributed by atoms with Crippen LogP contribution in [-0.2, 0) is 14.3 Å². The fraction of sp³-hybridized carbons (Fsp3) is 0.583. The highest BCUT2D eigenvalue weighted by Crippen LogP contribution is 2.33. The van der Waals surface area contributed by atoms with E-state index in [-0.39, 0.29) is 44.0 Å². The lowest BCUT2D eigenvalue weighted by molar-refractivity contribution is -0.147. The van der Waals surface area contributed by atoms with Crippen LogP contribution in [0.25, 0.3) is 0 Å². The first-order valence-corrected chi connectivity index (χ1v) is 12.5. The Kier molecular flexibility index (Phi) is 9.96. The second kappa shape index (κ2) is 12.7. The van der Waals surface area contributed by atoms with Crippen LogP contribution in [0.15, 0.2) is 35.9 Å². The number of benzene rings is 1. The second-order valence-corrected chi connectivity index (χ2v) is 9.63. The van der Waals surface area contributed by atoms with Crippen molar-refractivity contribution in [2.45, 2.75) is 62.8 Å². The third-order valence-electron chi connectivity index (χ3n) is 6.20. The molecule has 2 aliphatic rings. The number of hydrogen-bond acceptors (Lipinski definition) is 6. The normalized spacial score (nSPS) is 23.5. The Morgan fingerprint density at radius 2 is 1.94 bits per heavy atom. The zero-order valence-corrected chi connectivity index (χ0v) is 21.1. The summed E-state index contributed by atoms with van der Waals surface area (Å²) >= 11 is 2.16. The summed E-state index contributed by atoms with van der Waals surface area (Å²) < 4.78 is 12.2. The third kappa shape index (κ3) is 6.68. The first-order chi connectivity index (χ1) is 16.0. The molecule has 1 aromatic rings. The van der Waals surface area contributed by atoms with Gasteiger partial charge in [0.25, 0.3) is 0 Å². The number of ether oxygens (including phenoxy) is 2. The van der Waals surface area contributed by atoms with E-state index in [0.717, 1.165) is 35.7 Å². The monoisotopic (exact) mass is 572 g/mol. The quantitative estimate of drug-likeness (QED) is 0.391. The van der Waals surface area contributed by atoms with Gasteiger partial charge in [-0.1, -0.05) is 31.4 Å². The molecule has 3 rings (SSSR count). The highest BCUT2D eigenvalue weighted by molar-refractivity contribution is 14.1. The minimum atomic E-state index is -1.02. The highest BCUT2D eigenvalue weighted by atomic mass is 127. The lowest BCUT2D eigenvalue weighted by Gasteiger charge is -2.45. The maximum Gasteiger partial charge on any atom is 0.249 e. The molecule has 0 bridgehead atoms. The summed E-state index contributed by atoms with van der Waals surface area (Å²) in [6, 6.07) is 6.82. The molecular weight excluding hydrogens is 539 g/mol. The molecule has 1 aromatic carbocycles. The minimum absolute atomic E-state index is 0.0154. The molecule has 3 atom stereocenters. The molecule has 3 N–H and O–H groups in total. The summed E-state index contributed by atoms with van der Waals surface area (Å²) in [5.74, 6) is 0.0696. The molecule has 0 aliphatic heterocycles. The van der Waals surface area contributed by atoms with Gasteiger partial charge in [0.05, 0.1) is 16.2 Å². The van der Waals surface area contributed by atoms with Gasteiger partial charge in [-0.25, -0.2) is 0 Å². The number of hydrogen-bond donors (Lipinski definition) is 3. The number of nitrogens with zero attached hydrogens (tertiary/aromatic N) is 1. The molecule has 0 aromatic heterocycles. The number of aliphatic hydroxyl groups excluding tert-OH is 2. The standard InChI is InChI=1S/C24H33IN2O6/c1-32-15-22(29)27(17-7-3-2-4-8-17)19-13-16(24(31)26-11-12-28)14-21(23(19)30)33-20-10-6-5-9-18(20)25/h5-6,9-10,14,17,19,21,23,28,30H,2-4,7-8,11-13,15H2,1H3,(H,26,31)/t19-,21+,23+/m1/s1. The van der Waals surface area contributed by atoms with E-state index in [1.54, 1.807) is 11.0 Å². The lowest BCUT2D eigenvalue weighted by atomic mass is 9.85. The van der Waals surface area contributed by atoms with Crippen LogP contribution in [0, 0.1) is 3.57 Å². The number of rotatable bonds is 9. The van der Waals surface area contributed by atoms with E-state index in [2.05, 4.69) is 27.9 Å². The molecule has 9 heteroatoms. The van der Waals surface area contributed by atoms with E-state index in [1.807, 2.05) is 24.3 Å². The van der Waals surface area contributed by atoms with Crippen molar-refractivity contribution >= 4 is 34.4 Å². The SMILES string of the molecule is COCC(=O)N(C1CCCCC1)[C@@H]1CC(C(=O)NCCO)=C[C@H](Oc2ccccc2I)[C@H]1O. The fourth-order valence-corrected chi connectivity index (χ4v) is 5.17. The summed E-state index contributed by atoms with van der Waals surface area (Å²) in [7, 11) is 1.48. The number of carbonyl (C=O) groups is 2. The van der Waals surface area contributed by atoms with Crippen molar-refractivity contribution in [2.24, 2.45) is 0 Å². The zero-order chi connectivity index (χ0) is 23.8. The van der Waals surface area contributed by atoms with Crippen LogP contribution in [0.4, 0.5) is 0 Å². The fourth-order valence-electron chi connectivity index (χ4n) is 4.65. The van der Waals surface area contributed by atoms with E-state index < -0.39 is 18.2 Å². The predicted molar refractivity (Wildman–Crippen MR) is 132 cm³/mol. The maximum atomic E-state index is 13.1. The Labute approximate surface area is 208 Å². The van der Waals surface area contributed by atoms with E-state index in [9.17, 15) is 14.7 Å². The van der Waals surface area contributed by atoms with Crippen molar-refractivity contribution < 1.29 is 29.3 Å². The van der Waals surface area contributed by atoms with E-state index in [4.69, 9.17) is 14.6 Å². The summed E-state index contributed by atoms with van der Waals surface area (Å²) in [5.41, 5.74) is 0.431. The van der Waals surface area contributed by atoms with Crippen molar-refractivity contribution in [1.29, 1.82) is 0 Å². The maximum absolute atomic E-state index is 13.1. The van der Waals surface area contributed by atoms with Crippen molar-refractivity contribution in [3.8, 4) is 5.75 Å². The molecule has 2 amide bonds. The predicted octanol–water partition coefficient (Wildman–Crippen LogP) is 2.01. The Balaban J connectivity index is 1.94. The molecule has 182 valence electrons. The summed E-state index contributed by atoms with van der Waals surface area (Å²) in [6.07, 6.45) is 4.90. The van der Waals surface area contributed by atoms with E-state index in [1.165, 1.54) is 7.11 Å². The van der Waals surface area contributed by atoms with Gasteiger partial charge in [0.15, 0.2) is 0 Å². The van der Waals surface area contributed by atoms with E-state index in [0.29, 0.717) is 11.3 Å². The van der Waals surface area contributed by atoms with Crippen molar-refractivity contribution in [2.75, 3.05) is 26.9 Å². The molecule has 1 saturated carbocycles. The van der Waals surface area contributed by atoms with Gasteiger partial charge in [0.2, 0.25) is 11.8 Å². The second-order valence-electron chi connectivity index (χ2n) is 8.47.